The Morgan fingerprint density at radius 3 is 2.41 bits per heavy atom. The predicted molar refractivity (Wildman–Crippen MR) is 93.4 cm³/mol. The monoisotopic (exact) mass is 361 g/mol. The van der Waals surface area contributed by atoms with Gasteiger partial charge in [-0.2, -0.15) is 0 Å². The van der Waals surface area contributed by atoms with Crippen LogP contribution in [-0.2, 0) is 10.2 Å². The average Bonchev–Trinajstić information content (AvgIpc) is 2.47. The maximum atomic E-state index is 12.0. The van der Waals surface area contributed by atoms with E-state index in [0.29, 0.717) is 5.75 Å². The fourth-order valence-corrected chi connectivity index (χ4v) is 2.41. The van der Waals surface area contributed by atoms with E-state index in [2.05, 4.69) is 42.0 Å². The molecule has 0 atom stereocenters. The molecule has 116 valence electrons. The second-order valence-electron chi connectivity index (χ2n) is 6.09. The summed E-state index contributed by atoms with van der Waals surface area (Å²) < 4.78 is 6.30. The van der Waals surface area contributed by atoms with E-state index in [1.54, 1.807) is 0 Å². The van der Waals surface area contributed by atoms with Gasteiger partial charge in [-0.15, -0.1) is 0 Å². The number of para-hydroxylation sites is 1. The Morgan fingerprint density at radius 1 is 1.14 bits per heavy atom. The lowest BCUT2D eigenvalue weighted by Gasteiger charge is -2.20. The summed E-state index contributed by atoms with van der Waals surface area (Å²) in [5, 5.41) is 2.85. The fourth-order valence-electron chi connectivity index (χ4n) is 1.93. The zero-order chi connectivity index (χ0) is 16.2. The van der Waals surface area contributed by atoms with Gasteiger partial charge in [0.05, 0.1) is 5.69 Å². The molecule has 0 aliphatic rings. The fraction of sp³-hybridized carbons (Fsp3) is 0.278. The summed E-state index contributed by atoms with van der Waals surface area (Å²) in [5.74, 6) is 0.493. The van der Waals surface area contributed by atoms with Crippen LogP contribution in [-0.4, -0.2) is 12.5 Å². The van der Waals surface area contributed by atoms with Crippen molar-refractivity contribution in [3.63, 3.8) is 0 Å². The topological polar surface area (TPSA) is 38.3 Å². The van der Waals surface area contributed by atoms with Crippen molar-refractivity contribution in [2.45, 2.75) is 26.2 Å². The van der Waals surface area contributed by atoms with E-state index < -0.39 is 0 Å². The molecule has 0 unspecified atom stereocenters. The van der Waals surface area contributed by atoms with Gasteiger partial charge < -0.3 is 10.1 Å². The first-order valence-corrected chi connectivity index (χ1v) is 7.93. The summed E-state index contributed by atoms with van der Waals surface area (Å²) in [4.78, 5) is 12.0. The van der Waals surface area contributed by atoms with Gasteiger partial charge in [0, 0.05) is 4.47 Å². The highest BCUT2D eigenvalue weighted by atomic mass is 79.9. The van der Waals surface area contributed by atoms with Crippen molar-refractivity contribution in [3.05, 3.63) is 58.6 Å². The molecule has 2 aromatic carbocycles. The second kappa shape index (κ2) is 6.97. The first-order valence-electron chi connectivity index (χ1n) is 7.14. The number of hydrogen-bond acceptors (Lipinski definition) is 2. The Bertz CT molecular complexity index is 648. The molecule has 0 bridgehead atoms. The zero-order valence-electron chi connectivity index (χ0n) is 13.0. The highest BCUT2D eigenvalue weighted by molar-refractivity contribution is 9.10. The minimum absolute atomic E-state index is 0.0164. The first kappa shape index (κ1) is 16.6. The number of rotatable bonds is 4. The number of nitrogens with one attached hydrogen (secondary N) is 1. The van der Waals surface area contributed by atoms with E-state index in [9.17, 15) is 4.79 Å². The third-order valence-corrected chi connectivity index (χ3v) is 3.88. The van der Waals surface area contributed by atoms with Crippen LogP contribution in [0.3, 0.4) is 0 Å². The van der Waals surface area contributed by atoms with Crippen LogP contribution in [0.4, 0.5) is 5.69 Å². The zero-order valence-corrected chi connectivity index (χ0v) is 14.6. The molecule has 0 aliphatic carbocycles. The van der Waals surface area contributed by atoms with Gasteiger partial charge in [-0.3, -0.25) is 4.79 Å². The van der Waals surface area contributed by atoms with E-state index in [-0.39, 0.29) is 17.9 Å². The molecule has 0 fully saturated rings. The van der Waals surface area contributed by atoms with Crippen molar-refractivity contribution in [2.24, 2.45) is 0 Å². The quantitative estimate of drug-likeness (QED) is 0.851. The number of ether oxygens (including phenoxy) is 1. The summed E-state index contributed by atoms with van der Waals surface area (Å²) in [7, 11) is 0. The summed E-state index contributed by atoms with van der Waals surface area (Å²) in [6, 6.07) is 15.3. The van der Waals surface area contributed by atoms with Gasteiger partial charge >= 0.3 is 0 Å². The molecule has 3 nitrogen and oxygen atoms in total. The van der Waals surface area contributed by atoms with Gasteiger partial charge in [0.2, 0.25) is 0 Å². The third kappa shape index (κ3) is 4.60. The third-order valence-electron chi connectivity index (χ3n) is 3.22. The Labute approximate surface area is 139 Å². The van der Waals surface area contributed by atoms with Crippen molar-refractivity contribution >= 4 is 27.5 Å². The Morgan fingerprint density at radius 2 is 1.82 bits per heavy atom. The lowest BCUT2D eigenvalue weighted by atomic mass is 9.87. The van der Waals surface area contributed by atoms with Crippen molar-refractivity contribution < 1.29 is 9.53 Å². The Hall–Kier alpha value is -1.81. The number of amides is 1. The molecule has 0 radical (unpaired) electrons. The van der Waals surface area contributed by atoms with Gasteiger partial charge in [0.15, 0.2) is 6.61 Å². The smallest absolute Gasteiger partial charge is 0.262 e. The average molecular weight is 362 g/mol. The van der Waals surface area contributed by atoms with Gasteiger partial charge in [-0.05, 0) is 51.2 Å². The summed E-state index contributed by atoms with van der Waals surface area (Å²) in [5.41, 5.74) is 2.02. The number of carbonyl (C=O) groups is 1. The SMILES string of the molecule is CC(C)(C)c1ccc(NC(=O)COc2ccccc2)c(Br)c1. The van der Waals surface area contributed by atoms with Crippen molar-refractivity contribution in [3.8, 4) is 5.75 Å². The highest BCUT2D eigenvalue weighted by Gasteiger charge is 2.15. The normalized spacial score (nSPS) is 11.1. The molecule has 2 aromatic rings. The number of halogens is 1. The van der Waals surface area contributed by atoms with Crippen LogP contribution >= 0.6 is 15.9 Å². The van der Waals surface area contributed by atoms with Gasteiger partial charge in [0.25, 0.3) is 5.91 Å². The first-order chi connectivity index (χ1) is 10.4. The van der Waals surface area contributed by atoms with Crippen molar-refractivity contribution in [1.82, 2.24) is 0 Å². The maximum absolute atomic E-state index is 12.0. The molecule has 0 aromatic heterocycles. The van der Waals surface area contributed by atoms with Crippen LogP contribution in [0, 0.1) is 0 Å². The summed E-state index contributed by atoms with van der Waals surface area (Å²) >= 11 is 3.51. The number of hydrogen-bond donors (Lipinski definition) is 1. The van der Waals surface area contributed by atoms with Gasteiger partial charge in [0.1, 0.15) is 5.75 Å². The van der Waals surface area contributed by atoms with Crippen LogP contribution in [0.2, 0.25) is 0 Å². The summed E-state index contributed by atoms with van der Waals surface area (Å²) in [6.07, 6.45) is 0. The van der Waals surface area contributed by atoms with Crippen LogP contribution in [0.25, 0.3) is 0 Å². The molecule has 22 heavy (non-hydrogen) atoms. The number of benzene rings is 2. The molecule has 0 saturated heterocycles. The van der Waals surface area contributed by atoms with Gasteiger partial charge in [-0.1, -0.05) is 45.0 Å². The van der Waals surface area contributed by atoms with E-state index >= 15 is 0 Å². The standard InChI is InChI=1S/C18H20BrNO2/c1-18(2,3)13-9-10-16(15(19)11-13)20-17(21)12-22-14-7-5-4-6-8-14/h4-11H,12H2,1-3H3,(H,20,21). The molecule has 2 rings (SSSR count). The second-order valence-corrected chi connectivity index (χ2v) is 6.95. The lowest BCUT2D eigenvalue weighted by molar-refractivity contribution is -0.118. The molecular formula is C18H20BrNO2. The highest BCUT2D eigenvalue weighted by Crippen LogP contribution is 2.30. The minimum Gasteiger partial charge on any atom is -0.484 e. The van der Waals surface area contributed by atoms with E-state index in [1.165, 1.54) is 5.56 Å². The van der Waals surface area contributed by atoms with Crippen LogP contribution < -0.4 is 10.1 Å². The molecule has 1 amide bonds. The van der Waals surface area contributed by atoms with E-state index in [4.69, 9.17) is 4.74 Å². The van der Waals surface area contributed by atoms with E-state index in [0.717, 1.165) is 10.2 Å². The van der Waals surface area contributed by atoms with Gasteiger partial charge in [-0.25, -0.2) is 0 Å². The molecule has 0 saturated carbocycles. The molecule has 1 N–H and O–H groups in total. The molecule has 0 aliphatic heterocycles. The van der Waals surface area contributed by atoms with Crippen molar-refractivity contribution in [1.29, 1.82) is 0 Å². The number of carbonyl (C=O) groups excluding carboxylic acids is 1. The van der Waals surface area contributed by atoms with Crippen LogP contribution in [0.1, 0.15) is 26.3 Å². The Kier molecular flexibility index (Phi) is 5.24. The van der Waals surface area contributed by atoms with E-state index in [1.807, 2.05) is 48.5 Å². The summed E-state index contributed by atoms with van der Waals surface area (Å²) in [6.45, 7) is 6.44. The molecule has 4 heteroatoms. The minimum atomic E-state index is -0.187. The molecule has 0 spiro atoms. The number of anilines is 1. The Balaban J connectivity index is 1.97. The largest absolute Gasteiger partial charge is 0.484 e. The van der Waals surface area contributed by atoms with Crippen molar-refractivity contribution in [2.75, 3.05) is 11.9 Å². The van der Waals surface area contributed by atoms with Crippen LogP contribution in [0.15, 0.2) is 53.0 Å². The molecular weight excluding hydrogens is 342 g/mol. The lowest BCUT2D eigenvalue weighted by Crippen LogP contribution is -2.20. The predicted octanol–water partition coefficient (Wildman–Crippen LogP) is 4.76. The maximum Gasteiger partial charge on any atom is 0.262 e. The van der Waals surface area contributed by atoms with Crippen LogP contribution in [0.5, 0.6) is 5.75 Å². The molecule has 0 heterocycles.